The predicted octanol–water partition coefficient (Wildman–Crippen LogP) is 4.68. The van der Waals surface area contributed by atoms with Gasteiger partial charge in [0.05, 0.1) is 22.5 Å². The number of aromatic nitrogens is 4. The van der Waals surface area contributed by atoms with Gasteiger partial charge in [0.1, 0.15) is 11.5 Å². The molecule has 1 amide bonds. The number of H-pyrrole nitrogens is 2. The van der Waals surface area contributed by atoms with E-state index in [0.29, 0.717) is 29.9 Å². The molecule has 0 saturated heterocycles. The van der Waals surface area contributed by atoms with Crippen molar-refractivity contribution >= 4 is 34.1 Å². The number of amides is 1. The van der Waals surface area contributed by atoms with Gasteiger partial charge in [-0.25, -0.2) is 9.37 Å². The first kappa shape index (κ1) is 18.6. The summed E-state index contributed by atoms with van der Waals surface area (Å²) in [7, 11) is 0. The number of carbonyl (C=O) groups excluding carboxylic acids is 1. The van der Waals surface area contributed by atoms with Crippen molar-refractivity contribution in [2.75, 3.05) is 13.1 Å². The third kappa shape index (κ3) is 3.17. The van der Waals surface area contributed by atoms with Gasteiger partial charge >= 0.3 is 0 Å². The number of hydrogen-bond donors (Lipinski definition) is 2. The largest absolute Gasteiger partial charge is 0.346 e. The molecule has 8 heteroatoms. The van der Waals surface area contributed by atoms with Crippen molar-refractivity contribution in [1.82, 2.24) is 25.1 Å². The summed E-state index contributed by atoms with van der Waals surface area (Å²) >= 11 is 5.90. The van der Waals surface area contributed by atoms with Crippen LogP contribution in [0.25, 0.3) is 27.9 Å². The Kier molecular flexibility index (Phi) is 4.59. The number of benzene rings is 1. The molecule has 1 aliphatic rings. The topological polar surface area (TPSA) is 77.7 Å². The molecule has 30 heavy (non-hydrogen) atoms. The number of aromatic amines is 2. The zero-order valence-corrected chi connectivity index (χ0v) is 16.6. The maximum Gasteiger partial charge on any atom is 0.257 e. The van der Waals surface area contributed by atoms with E-state index in [1.807, 2.05) is 18.3 Å². The molecule has 1 aliphatic heterocycles. The highest BCUT2D eigenvalue weighted by molar-refractivity contribution is 6.31. The van der Waals surface area contributed by atoms with Crippen molar-refractivity contribution in [3.8, 4) is 11.3 Å². The van der Waals surface area contributed by atoms with Crippen LogP contribution in [0.15, 0.2) is 55.0 Å². The molecule has 0 radical (unpaired) electrons. The summed E-state index contributed by atoms with van der Waals surface area (Å²) in [4.78, 5) is 22.4. The number of carbonyl (C=O) groups is 1. The molecule has 3 aromatic heterocycles. The fourth-order valence-corrected chi connectivity index (χ4v) is 3.99. The zero-order chi connectivity index (χ0) is 20.7. The molecule has 0 spiro atoms. The Morgan fingerprint density at radius 2 is 2.17 bits per heavy atom. The lowest BCUT2D eigenvalue weighted by Crippen LogP contribution is -2.34. The Labute approximate surface area is 176 Å². The normalized spacial score (nSPS) is 14.2. The molecule has 6 nitrogen and oxygen atoms in total. The van der Waals surface area contributed by atoms with Crippen molar-refractivity contribution in [3.05, 3.63) is 77.0 Å². The molecule has 0 unspecified atom stereocenters. The van der Waals surface area contributed by atoms with Crippen LogP contribution in [0.1, 0.15) is 22.3 Å². The van der Waals surface area contributed by atoms with Crippen LogP contribution in [-0.2, 0) is 0 Å². The van der Waals surface area contributed by atoms with Gasteiger partial charge in [-0.2, -0.15) is 5.10 Å². The molecule has 2 N–H and O–H groups in total. The second kappa shape index (κ2) is 7.42. The first-order chi connectivity index (χ1) is 14.6. The summed E-state index contributed by atoms with van der Waals surface area (Å²) < 4.78 is 13.5. The predicted molar refractivity (Wildman–Crippen MR) is 114 cm³/mol. The highest BCUT2D eigenvalue weighted by Gasteiger charge is 2.24. The van der Waals surface area contributed by atoms with Gasteiger partial charge in [-0.1, -0.05) is 17.7 Å². The molecular formula is C22H17ClFN5O. The van der Waals surface area contributed by atoms with Crippen LogP contribution in [0.5, 0.6) is 0 Å². The van der Waals surface area contributed by atoms with Crippen LogP contribution in [0.4, 0.5) is 4.39 Å². The SMILES string of the molecule is O=C(c1cn[nH]c1-c1ccc(F)c(Cl)c1)N1CC=C(c2c[nH]c3ncccc23)CC1. The van der Waals surface area contributed by atoms with Crippen LogP contribution < -0.4 is 0 Å². The number of pyridine rings is 1. The van der Waals surface area contributed by atoms with Crippen molar-refractivity contribution < 1.29 is 9.18 Å². The molecule has 0 atom stereocenters. The number of nitrogens with zero attached hydrogens (tertiary/aromatic N) is 3. The third-order valence-electron chi connectivity index (χ3n) is 5.37. The molecule has 5 rings (SSSR count). The quantitative estimate of drug-likeness (QED) is 0.504. The fourth-order valence-electron chi connectivity index (χ4n) is 3.81. The van der Waals surface area contributed by atoms with Crippen molar-refractivity contribution in [2.24, 2.45) is 0 Å². The minimum absolute atomic E-state index is 0.000680. The molecular weight excluding hydrogens is 405 g/mol. The van der Waals surface area contributed by atoms with E-state index < -0.39 is 5.82 Å². The summed E-state index contributed by atoms with van der Waals surface area (Å²) in [5.74, 6) is -0.635. The zero-order valence-electron chi connectivity index (χ0n) is 15.8. The Hall–Kier alpha value is -3.45. The lowest BCUT2D eigenvalue weighted by Gasteiger charge is -2.26. The van der Waals surface area contributed by atoms with Gasteiger partial charge in [-0.15, -0.1) is 0 Å². The van der Waals surface area contributed by atoms with Gasteiger partial charge in [0, 0.05) is 42.0 Å². The monoisotopic (exact) mass is 421 g/mol. The number of fused-ring (bicyclic) bond motifs is 1. The maximum absolute atomic E-state index is 13.5. The molecule has 1 aromatic carbocycles. The molecule has 0 aliphatic carbocycles. The van der Waals surface area contributed by atoms with Gasteiger partial charge in [-0.3, -0.25) is 9.89 Å². The summed E-state index contributed by atoms with van der Waals surface area (Å²) in [6.07, 6.45) is 8.04. The fraction of sp³-hybridized carbons (Fsp3) is 0.136. The lowest BCUT2D eigenvalue weighted by molar-refractivity contribution is 0.0773. The first-order valence-corrected chi connectivity index (χ1v) is 9.89. The third-order valence-corrected chi connectivity index (χ3v) is 5.66. The molecule has 4 aromatic rings. The van der Waals surface area contributed by atoms with E-state index in [1.165, 1.54) is 23.9 Å². The minimum Gasteiger partial charge on any atom is -0.346 e. The van der Waals surface area contributed by atoms with Gasteiger partial charge in [0.25, 0.3) is 5.91 Å². The summed E-state index contributed by atoms with van der Waals surface area (Å²) in [6, 6.07) is 8.29. The summed E-state index contributed by atoms with van der Waals surface area (Å²) in [5, 5.41) is 7.93. The van der Waals surface area contributed by atoms with Crippen molar-refractivity contribution in [2.45, 2.75) is 6.42 Å². The maximum atomic E-state index is 13.5. The molecule has 150 valence electrons. The van der Waals surface area contributed by atoms with Crippen molar-refractivity contribution in [3.63, 3.8) is 0 Å². The highest BCUT2D eigenvalue weighted by Crippen LogP contribution is 2.30. The number of halogens is 2. The standard InChI is InChI=1S/C22H17ClFN5O/c23-18-10-14(3-4-19(18)24)20-17(12-27-28-20)22(30)29-8-5-13(6-9-29)16-11-26-21-15(16)2-1-7-25-21/h1-5,7,10-12H,6,8-9H2,(H,25,26)(H,27,28). The second-order valence-electron chi connectivity index (χ2n) is 7.12. The average molecular weight is 422 g/mol. The van der Waals surface area contributed by atoms with Gasteiger partial charge < -0.3 is 9.88 Å². The van der Waals surface area contributed by atoms with Crippen LogP contribution in [0.3, 0.4) is 0 Å². The number of hydrogen-bond acceptors (Lipinski definition) is 3. The molecule has 0 fully saturated rings. The Balaban J connectivity index is 1.39. The van der Waals surface area contributed by atoms with E-state index in [2.05, 4.69) is 26.2 Å². The van der Waals surface area contributed by atoms with E-state index in [4.69, 9.17) is 11.6 Å². The molecule has 0 saturated carbocycles. The van der Waals surface area contributed by atoms with Crippen LogP contribution in [0, 0.1) is 5.82 Å². The minimum atomic E-state index is -0.506. The Morgan fingerprint density at radius 3 is 2.97 bits per heavy atom. The number of nitrogens with one attached hydrogen (secondary N) is 2. The van der Waals surface area contributed by atoms with E-state index in [1.54, 1.807) is 17.2 Å². The second-order valence-corrected chi connectivity index (χ2v) is 7.53. The molecule has 0 bridgehead atoms. The lowest BCUT2D eigenvalue weighted by atomic mass is 9.99. The van der Waals surface area contributed by atoms with Crippen LogP contribution >= 0.6 is 11.6 Å². The van der Waals surface area contributed by atoms with Crippen LogP contribution in [-0.4, -0.2) is 44.1 Å². The highest BCUT2D eigenvalue weighted by atomic mass is 35.5. The Morgan fingerprint density at radius 1 is 1.27 bits per heavy atom. The Bertz CT molecular complexity index is 1290. The van der Waals surface area contributed by atoms with E-state index in [9.17, 15) is 9.18 Å². The van der Waals surface area contributed by atoms with E-state index >= 15 is 0 Å². The smallest absolute Gasteiger partial charge is 0.257 e. The van der Waals surface area contributed by atoms with Gasteiger partial charge in [0.15, 0.2) is 0 Å². The van der Waals surface area contributed by atoms with Crippen LogP contribution in [0.2, 0.25) is 5.02 Å². The first-order valence-electron chi connectivity index (χ1n) is 9.51. The van der Waals surface area contributed by atoms with Gasteiger partial charge in [0.2, 0.25) is 0 Å². The van der Waals surface area contributed by atoms with Gasteiger partial charge in [-0.05, 0) is 42.3 Å². The van der Waals surface area contributed by atoms with Crippen molar-refractivity contribution in [1.29, 1.82) is 0 Å². The summed E-state index contributed by atoms with van der Waals surface area (Å²) in [6.45, 7) is 1.09. The molecule has 4 heterocycles. The summed E-state index contributed by atoms with van der Waals surface area (Å²) in [5.41, 5.74) is 4.74. The number of rotatable bonds is 3. The van der Waals surface area contributed by atoms with E-state index in [-0.39, 0.29) is 10.9 Å². The average Bonchev–Trinajstić information content (AvgIpc) is 3.43. The van der Waals surface area contributed by atoms with E-state index in [0.717, 1.165) is 23.0 Å².